The predicted molar refractivity (Wildman–Crippen MR) is 109 cm³/mol. The van der Waals surface area contributed by atoms with E-state index in [2.05, 4.69) is 15.3 Å². The van der Waals surface area contributed by atoms with E-state index in [0.717, 1.165) is 0 Å². The van der Waals surface area contributed by atoms with E-state index < -0.39 is 24.4 Å². The van der Waals surface area contributed by atoms with E-state index in [1.165, 1.54) is 24.5 Å². The Morgan fingerprint density at radius 3 is 2.66 bits per heavy atom. The number of carbonyl (C=O) groups is 1. The molecule has 150 valence electrons. The fourth-order valence-corrected chi connectivity index (χ4v) is 3.31. The maximum absolute atomic E-state index is 13.8. The van der Waals surface area contributed by atoms with Crippen molar-refractivity contribution >= 4 is 34.8 Å². The monoisotopic (exact) mass is 435 g/mol. The fourth-order valence-electron chi connectivity index (χ4n) is 2.63. The second-order valence-corrected chi connectivity index (χ2v) is 6.83. The summed E-state index contributed by atoms with van der Waals surface area (Å²) in [7, 11) is 0. The molecule has 6 nitrogen and oxygen atoms in total. The lowest BCUT2D eigenvalue weighted by molar-refractivity contribution is -0.118. The number of rotatable bonds is 6. The highest BCUT2D eigenvalue weighted by atomic mass is 35.5. The smallest absolute Gasteiger partial charge is 0.250 e. The number of carbonyl (C=O) groups excluding carboxylic acids is 1. The number of hydrogen-bond acceptors (Lipinski definition) is 5. The molecule has 0 saturated heterocycles. The van der Waals surface area contributed by atoms with Gasteiger partial charge in [0.05, 0.1) is 23.1 Å². The van der Waals surface area contributed by atoms with E-state index in [4.69, 9.17) is 33.0 Å². The molecule has 2 aromatic carbocycles. The summed E-state index contributed by atoms with van der Waals surface area (Å²) in [6, 6.07) is 9.64. The van der Waals surface area contributed by atoms with Crippen LogP contribution < -0.4 is 10.1 Å². The van der Waals surface area contributed by atoms with Gasteiger partial charge in [-0.3, -0.25) is 4.79 Å². The maximum Gasteiger partial charge on any atom is 0.250 e. The second kappa shape index (κ2) is 9.17. The van der Waals surface area contributed by atoms with Gasteiger partial charge in [0.2, 0.25) is 5.91 Å². The Balaban J connectivity index is 1.80. The third-order valence-corrected chi connectivity index (χ3v) is 4.68. The standard InChI is InChI=1S/C20H16Cl2FN3O3/c1-11(18-15(21)5-6-16(23)19(18)22)29-14-4-2-3-12(7-14)20-24-8-13(9-25-20)26-17(28)10-27/h2-9,11,27H,10H2,1H3,(H,26,28). The van der Waals surface area contributed by atoms with Gasteiger partial charge in [-0.1, -0.05) is 35.3 Å². The Labute approximate surface area is 176 Å². The number of hydrogen-bond donors (Lipinski definition) is 2. The molecule has 1 amide bonds. The van der Waals surface area contributed by atoms with Gasteiger partial charge < -0.3 is 15.2 Å². The van der Waals surface area contributed by atoms with Gasteiger partial charge in [-0.25, -0.2) is 14.4 Å². The molecule has 0 fully saturated rings. The summed E-state index contributed by atoms with van der Waals surface area (Å²) in [4.78, 5) is 19.6. The Morgan fingerprint density at radius 2 is 1.97 bits per heavy atom. The topological polar surface area (TPSA) is 84.3 Å². The molecule has 0 aliphatic heterocycles. The second-order valence-electron chi connectivity index (χ2n) is 6.05. The summed E-state index contributed by atoms with van der Waals surface area (Å²) in [5.74, 6) is -0.225. The van der Waals surface area contributed by atoms with E-state index in [-0.39, 0.29) is 5.02 Å². The zero-order chi connectivity index (χ0) is 21.0. The molecule has 1 unspecified atom stereocenters. The first-order valence-corrected chi connectivity index (χ1v) is 9.28. The first-order chi connectivity index (χ1) is 13.9. The highest BCUT2D eigenvalue weighted by molar-refractivity contribution is 6.36. The zero-order valence-corrected chi connectivity index (χ0v) is 16.7. The van der Waals surface area contributed by atoms with Crippen molar-refractivity contribution in [3.8, 4) is 17.1 Å². The van der Waals surface area contributed by atoms with Crippen molar-refractivity contribution in [3.05, 3.63) is 70.2 Å². The molecule has 0 radical (unpaired) electrons. The third kappa shape index (κ3) is 5.00. The van der Waals surface area contributed by atoms with Gasteiger partial charge in [-0.05, 0) is 31.2 Å². The number of halogens is 3. The largest absolute Gasteiger partial charge is 0.486 e. The van der Waals surface area contributed by atoms with E-state index in [1.54, 1.807) is 31.2 Å². The number of aromatic nitrogens is 2. The Morgan fingerprint density at radius 1 is 1.24 bits per heavy atom. The number of benzene rings is 2. The summed E-state index contributed by atoms with van der Waals surface area (Å²) in [5.41, 5.74) is 1.40. The Hall–Kier alpha value is -2.74. The Kier molecular flexibility index (Phi) is 6.64. The van der Waals surface area contributed by atoms with Crippen molar-refractivity contribution in [2.75, 3.05) is 11.9 Å². The van der Waals surface area contributed by atoms with Crippen LogP contribution >= 0.6 is 23.2 Å². The normalized spacial score (nSPS) is 11.8. The molecule has 2 N–H and O–H groups in total. The highest BCUT2D eigenvalue weighted by Crippen LogP contribution is 2.35. The molecule has 1 aromatic heterocycles. The molecule has 29 heavy (non-hydrogen) atoms. The number of nitrogens with one attached hydrogen (secondary N) is 1. The van der Waals surface area contributed by atoms with Gasteiger partial charge in [0, 0.05) is 16.1 Å². The molecule has 0 bridgehead atoms. The third-order valence-electron chi connectivity index (χ3n) is 3.97. The lowest BCUT2D eigenvalue weighted by Crippen LogP contribution is -2.15. The Bertz CT molecular complexity index is 1030. The van der Waals surface area contributed by atoms with Crippen LogP contribution in [0.15, 0.2) is 48.8 Å². The van der Waals surface area contributed by atoms with E-state index in [9.17, 15) is 9.18 Å². The lowest BCUT2D eigenvalue weighted by Gasteiger charge is -2.18. The van der Waals surface area contributed by atoms with Crippen LogP contribution in [0.1, 0.15) is 18.6 Å². The number of aliphatic hydroxyl groups is 1. The van der Waals surface area contributed by atoms with Gasteiger partial charge in [0.1, 0.15) is 24.3 Å². The van der Waals surface area contributed by atoms with Gasteiger partial charge in [0.15, 0.2) is 5.82 Å². The summed E-state index contributed by atoms with van der Waals surface area (Å²) >= 11 is 12.2. The van der Waals surface area contributed by atoms with Gasteiger partial charge in [-0.15, -0.1) is 0 Å². The molecule has 0 aliphatic carbocycles. The van der Waals surface area contributed by atoms with Crippen LogP contribution in [0.4, 0.5) is 10.1 Å². The molecule has 1 heterocycles. The quantitative estimate of drug-likeness (QED) is 0.550. The van der Waals surface area contributed by atoms with Crippen LogP contribution in [-0.4, -0.2) is 27.6 Å². The van der Waals surface area contributed by atoms with Crippen LogP contribution in [0.3, 0.4) is 0 Å². The molecule has 3 rings (SSSR count). The number of ether oxygens (including phenoxy) is 1. The molecular formula is C20H16Cl2FN3O3. The van der Waals surface area contributed by atoms with Crippen LogP contribution in [0.5, 0.6) is 5.75 Å². The van der Waals surface area contributed by atoms with Crippen LogP contribution in [0.2, 0.25) is 10.0 Å². The minimum absolute atomic E-state index is 0.0787. The SMILES string of the molecule is CC(Oc1cccc(-c2ncc(NC(=O)CO)cn2)c1)c1c(Cl)ccc(F)c1Cl. The number of amides is 1. The molecule has 3 aromatic rings. The molecule has 0 saturated carbocycles. The fraction of sp³-hybridized carbons (Fsp3) is 0.150. The van der Waals surface area contributed by atoms with Crippen molar-refractivity contribution in [1.82, 2.24) is 9.97 Å². The van der Waals surface area contributed by atoms with Crippen molar-refractivity contribution < 1.29 is 19.0 Å². The maximum atomic E-state index is 13.8. The predicted octanol–water partition coefficient (Wildman–Crippen LogP) is 4.66. The number of anilines is 1. The number of aliphatic hydroxyl groups excluding tert-OH is 1. The molecule has 0 spiro atoms. The molecule has 1 atom stereocenters. The average molecular weight is 436 g/mol. The first kappa shape index (κ1) is 21.0. The van der Waals surface area contributed by atoms with Crippen molar-refractivity contribution in [2.45, 2.75) is 13.0 Å². The van der Waals surface area contributed by atoms with Crippen molar-refractivity contribution in [1.29, 1.82) is 0 Å². The summed E-state index contributed by atoms with van der Waals surface area (Å²) in [5, 5.41) is 11.4. The van der Waals surface area contributed by atoms with Crippen LogP contribution in [-0.2, 0) is 4.79 Å². The van der Waals surface area contributed by atoms with Gasteiger partial charge in [-0.2, -0.15) is 0 Å². The van der Waals surface area contributed by atoms with Crippen LogP contribution in [0, 0.1) is 5.82 Å². The van der Waals surface area contributed by atoms with E-state index in [1.807, 2.05) is 0 Å². The molecule has 0 aliphatic rings. The minimum Gasteiger partial charge on any atom is -0.486 e. The lowest BCUT2D eigenvalue weighted by atomic mass is 10.1. The van der Waals surface area contributed by atoms with Crippen molar-refractivity contribution in [2.24, 2.45) is 0 Å². The summed E-state index contributed by atoms with van der Waals surface area (Å²) in [6.07, 6.45) is 2.26. The first-order valence-electron chi connectivity index (χ1n) is 8.52. The number of nitrogens with zero attached hydrogens (tertiary/aromatic N) is 2. The summed E-state index contributed by atoms with van der Waals surface area (Å²) in [6.45, 7) is 1.09. The summed E-state index contributed by atoms with van der Waals surface area (Å²) < 4.78 is 19.7. The van der Waals surface area contributed by atoms with E-state index >= 15 is 0 Å². The van der Waals surface area contributed by atoms with E-state index in [0.29, 0.717) is 33.4 Å². The van der Waals surface area contributed by atoms with Crippen molar-refractivity contribution in [3.63, 3.8) is 0 Å². The van der Waals surface area contributed by atoms with Gasteiger partial charge in [0.25, 0.3) is 0 Å². The average Bonchev–Trinajstić information content (AvgIpc) is 2.71. The van der Waals surface area contributed by atoms with Gasteiger partial charge >= 0.3 is 0 Å². The zero-order valence-electron chi connectivity index (χ0n) is 15.2. The van der Waals surface area contributed by atoms with Crippen LogP contribution in [0.25, 0.3) is 11.4 Å². The highest BCUT2D eigenvalue weighted by Gasteiger charge is 2.19. The minimum atomic E-state index is -0.626. The molecular weight excluding hydrogens is 420 g/mol. The molecule has 9 heteroatoms.